The molecule has 2 aromatic carbocycles. The number of thiazole rings is 1. The highest BCUT2D eigenvalue weighted by atomic mass is 32.1. The normalized spacial score (nSPS) is 15.8. The number of carbonyl (C=O) groups excluding carboxylic acids is 1. The summed E-state index contributed by atoms with van der Waals surface area (Å²) in [5, 5.41) is 2.40. The number of rotatable bonds is 7. The molecule has 1 aliphatic heterocycles. The van der Waals surface area contributed by atoms with Gasteiger partial charge in [-0.25, -0.2) is 4.98 Å². The third kappa shape index (κ3) is 4.30. The summed E-state index contributed by atoms with van der Waals surface area (Å²) in [6, 6.07) is 16.7. The Balaban J connectivity index is 1.12. The molecule has 5 heteroatoms. The van der Waals surface area contributed by atoms with Crippen LogP contribution in [0.3, 0.4) is 0 Å². The molecule has 4 nitrogen and oxygen atoms in total. The fourth-order valence-electron chi connectivity index (χ4n) is 4.80. The first-order valence-corrected chi connectivity index (χ1v) is 12.2. The van der Waals surface area contributed by atoms with Gasteiger partial charge in [0.25, 0.3) is 0 Å². The van der Waals surface area contributed by atoms with Crippen molar-refractivity contribution in [2.75, 3.05) is 19.6 Å². The quantitative estimate of drug-likeness (QED) is 0.262. The number of aromatic nitrogens is 2. The minimum atomic E-state index is 0.144. The van der Waals surface area contributed by atoms with Gasteiger partial charge < -0.3 is 9.47 Å². The summed E-state index contributed by atoms with van der Waals surface area (Å²) in [7, 11) is 0. The Bertz CT molecular complexity index is 1170. The van der Waals surface area contributed by atoms with Crippen molar-refractivity contribution in [1.29, 1.82) is 0 Å². The number of fused-ring (bicyclic) bond motifs is 2. The van der Waals surface area contributed by atoms with Gasteiger partial charge in [-0.15, -0.1) is 11.3 Å². The molecule has 0 N–H and O–H groups in total. The number of ketones is 1. The van der Waals surface area contributed by atoms with Crippen molar-refractivity contribution in [1.82, 2.24) is 14.5 Å². The van der Waals surface area contributed by atoms with Crippen LogP contribution in [0.2, 0.25) is 0 Å². The Kier molecular flexibility index (Phi) is 5.88. The Morgan fingerprint density at radius 1 is 1.03 bits per heavy atom. The molecular weight excluding hydrogens is 402 g/mol. The number of aryl methyl sites for hydroxylation is 1. The zero-order valence-electron chi connectivity index (χ0n) is 18.1. The predicted molar refractivity (Wildman–Crippen MR) is 129 cm³/mol. The maximum atomic E-state index is 12.0. The lowest BCUT2D eigenvalue weighted by atomic mass is 9.97. The molecule has 0 saturated carbocycles. The molecule has 1 aliphatic rings. The first-order valence-electron chi connectivity index (χ1n) is 11.4. The van der Waals surface area contributed by atoms with Gasteiger partial charge in [0.2, 0.25) is 0 Å². The van der Waals surface area contributed by atoms with E-state index >= 15 is 0 Å². The first kappa shape index (κ1) is 20.4. The minimum absolute atomic E-state index is 0.144. The lowest BCUT2D eigenvalue weighted by Gasteiger charge is -2.31. The lowest BCUT2D eigenvalue weighted by Crippen LogP contribution is -2.33. The van der Waals surface area contributed by atoms with Crippen molar-refractivity contribution in [3.63, 3.8) is 0 Å². The average molecular weight is 432 g/mol. The van der Waals surface area contributed by atoms with Gasteiger partial charge in [0.05, 0.1) is 15.2 Å². The van der Waals surface area contributed by atoms with Crippen LogP contribution in [0.4, 0.5) is 0 Å². The lowest BCUT2D eigenvalue weighted by molar-refractivity contribution is 0.101. The van der Waals surface area contributed by atoms with E-state index in [2.05, 4.69) is 51.9 Å². The molecule has 1 fully saturated rings. The summed E-state index contributed by atoms with van der Waals surface area (Å²) in [6.45, 7) is 6.12. The largest absolute Gasteiger partial charge is 0.347 e. The van der Waals surface area contributed by atoms with Crippen molar-refractivity contribution in [2.45, 2.75) is 45.1 Å². The van der Waals surface area contributed by atoms with Crippen LogP contribution < -0.4 is 0 Å². The summed E-state index contributed by atoms with van der Waals surface area (Å²) >= 11 is 1.87. The molecule has 0 aliphatic carbocycles. The number of likely N-dealkylation sites (tertiary alicyclic amines) is 1. The molecule has 3 heterocycles. The van der Waals surface area contributed by atoms with E-state index in [9.17, 15) is 4.79 Å². The second-order valence-corrected chi connectivity index (χ2v) is 9.71. The molecule has 5 rings (SSSR count). The van der Waals surface area contributed by atoms with E-state index in [4.69, 9.17) is 4.98 Å². The van der Waals surface area contributed by atoms with E-state index in [1.54, 1.807) is 6.92 Å². The second-order valence-electron chi connectivity index (χ2n) is 8.65. The Morgan fingerprint density at radius 3 is 2.58 bits per heavy atom. The molecule has 0 radical (unpaired) electrons. The van der Waals surface area contributed by atoms with E-state index in [0.29, 0.717) is 5.92 Å². The Morgan fingerprint density at radius 2 is 1.77 bits per heavy atom. The molecule has 0 spiro atoms. The number of nitrogens with zero attached hydrogens (tertiary/aromatic N) is 3. The predicted octanol–water partition coefficient (Wildman–Crippen LogP) is 6.11. The number of carbonyl (C=O) groups is 1. The number of para-hydroxylation sites is 2. The van der Waals surface area contributed by atoms with E-state index < -0.39 is 0 Å². The van der Waals surface area contributed by atoms with Crippen molar-refractivity contribution in [3.8, 4) is 0 Å². The number of Topliss-reactive ketones (excluding diaryl/α,β-unsaturated/α-hetero) is 1. The molecule has 2 aromatic heterocycles. The Labute approximate surface area is 187 Å². The van der Waals surface area contributed by atoms with Gasteiger partial charge in [0.15, 0.2) is 5.78 Å². The van der Waals surface area contributed by atoms with Crippen LogP contribution in [-0.4, -0.2) is 39.9 Å². The van der Waals surface area contributed by atoms with E-state index in [0.717, 1.165) is 36.0 Å². The van der Waals surface area contributed by atoms with Gasteiger partial charge in [0.1, 0.15) is 0 Å². The summed E-state index contributed by atoms with van der Waals surface area (Å²) in [4.78, 5) is 19.5. The van der Waals surface area contributed by atoms with Gasteiger partial charge in [0, 0.05) is 35.1 Å². The fraction of sp³-hybridized carbons (Fsp3) is 0.385. The number of piperidine rings is 1. The zero-order chi connectivity index (χ0) is 21.2. The fourth-order valence-corrected chi connectivity index (χ4v) is 5.93. The molecule has 0 amide bonds. The first-order chi connectivity index (χ1) is 15.2. The topological polar surface area (TPSA) is 38.1 Å². The molecule has 1 saturated heterocycles. The van der Waals surface area contributed by atoms with E-state index in [-0.39, 0.29) is 5.78 Å². The van der Waals surface area contributed by atoms with E-state index in [1.807, 2.05) is 23.6 Å². The van der Waals surface area contributed by atoms with Crippen LogP contribution in [0.5, 0.6) is 0 Å². The van der Waals surface area contributed by atoms with Crippen LogP contribution in [-0.2, 0) is 6.54 Å². The van der Waals surface area contributed by atoms with Crippen molar-refractivity contribution >= 4 is 38.2 Å². The number of hydrogen-bond donors (Lipinski definition) is 0. The van der Waals surface area contributed by atoms with Crippen LogP contribution in [0, 0.1) is 0 Å². The summed E-state index contributed by atoms with van der Waals surface area (Å²) < 4.78 is 3.57. The van der Waals surface area contributed by atoms with Gasteiger partial charge in [-0.2, -0.15) is 0 Å². The maximum Gasteiger partial charge on any atom is 0.161 e. The molecule has 4 aromatic rings. The standard InChI is InChI=1S/C26H29N3OS/c1-19(30)22-18-29(24-10-4-2-8-21(22)24)15-7-6-14-28-16-12-20(13-17-28)26-27-23-9-3-5-11-25(23)31-26/h2-5,8-11,18,20H,6-7,12-17H2,1H3. The molecular formula is C26H29N3OS. The highest BCUT2D eigenvalue weighted by Crippen LogP contribution is 2.33. The maximum absolute atomic E-state index is 12.0. The number of hydrogen-bond acceptors (Lipinski definition) is 4. The second kappa shape index (κ2) is 8.93. The van der Waals surface area contributed by atoms with Crippen molar-refractivity contribution in [3.05, 3.63) is 65.3 Å². The third-order valence-corrected chi connectivity index (χ3v) is 7.74. The molecule has 0 atom stereocenters. The van der Waals surface area contributed by atoms with Crippen LogP contribution in [0.1, 0.15) is 53.9 Å². The number of unbranched alkanes of at least 4 members (excludes halogenated alkanes) is 1. The molecule has 160 valence electrons. The van der Waals surface area contributed by atoms with Crippen LogP contribution in [0.25, 0.3) is 21.1 Å². The van der Waals surface area contributed by atoms with Crippen LogP contribution in [0.15, 0.2) is 54.7 Å². The van der Waals surface area contributed by atoms with Gasteiger partial charge in [-0.3, -0.25) is 4.79 Å². The van der Waals surface area contributed by atoms with E-state index in [1.165, 1.54) is 47.6 Å². The average Bonchev–Trinajstić information content (AvgIpc) is 3.39. The zero-order valence-corrected chi connectivity index (χ0v) is 18.9. The van der Waals surface area contributed by atoms with Crippen LogP contribution >= 0.6 is 11.3 Å². The van der Waals surface area contributed by atoms with Crippen molar-refractivity contribution in [2.24, 2.45) is 0 Å². The van der Waals surface area contributed by atoms with Gasteiger partial charge in [-0.05, 0) is 70.4 Å². The molecule has 31 heavy (non-hydrogen) atoms. The van der Waals surface area contributed by atoms with Gasteiger partial charge >= 0.3 is 0 Å². The molecule has 0 bridgehead atoms. The monoisotopic (exact) mass is 431 g/mol. The number of benzene rings is 2. The van der Waals surface area contributed by atoms with Gasteiger partial charge in [-0.1, -0.05) is 30.3 Å². The smallest absolute Gasteiger partial charge is 0.161 e. The summed E-state index contributed by atoms with van der Waals surface area (Å²) in [5.41, 5.74) is 3.16. The minimum Gasteiger partial charge on any atom is -0.347 e. The van der Waals surface area contributed by atoms with Crippen molar-refractivity contribution < 1.29 is 4.79 Å². The highest BCUT2D eigenvalue weighted by molar-refractivity contribution is 7.18. The Hall–Kier alpha value is -2.50. The summed E-state index contributed by atoms with van der Waals surface area (Å²) in [6.07, 6.45) is 6.78. The third-order valence-electron chi connectivity index (χ3n) is 6.54. The molecule has 0 unspecified atom stereocenters. The summed E-state index contributed by atoms with van der Waals surface area (Å²) in [5.74, 6) is 0.760. The highest BCUT2D eigenvalue weighted by Gasteiger charge is 2.23. The SMILES string of the molecule is CC(=O)c1cn(CCCCN2CCC(c3nc4ccccc4s3)CC2)c2ccccc12.